The van der Waals surface area contributed by atoms with E-state index in [0.717, 1.165) is 27.2 Å². The molecule has 178 valence electrons. The number of anilines is 1. The zero-order valence-corrected chi connectivity index (χ0v) is 20.4. The SMILES string of the molecule is C[C@H]1C(=O)N(c2ccc3c(cnn3-c3ccc(F)cc3)c2)[C@H](c2ccc(Cl)s2)[C@@H]1C1(C(N)=O)CC1. The molecule has 1 saturated carbocycles. The first kappa shape index (κ1) is 22.2. The molecule has 1 saturated heterocycles. The van der Waals surface area contributed by atoms with E-state index in [1.54, 1.807) is 27.9 Å². The zero-order chi connectivity index (χ0) is 24.5. The lowest BCUT2D eigenvalue weighted by atomic mass is 9.76. The molecule has 35 heavy (non-hydrogen) atoms. The third kappa shape index (κ3) is 3.38. The summed E-state index contributed by atoms with van der Waals surface area (Å²) in [6.07, 6.45) is 3.11. The Morgan fingerprint density at radius 1 is 1.14 bits per heavy atom. The number of carbonyl (C=O) groups excluding carboxylic acids is 2. The van der Waals surface area contributed by atoms with Gasteiger partial charge in [0.1, 0.15) is 5.82 Å². The van der Waals surface area contributed by atoms with Crippen molar-refractivity contribution in [3.63, 3.8) is 0 Å². The minimum absolute atomic E-state index is 0.0395. The molecule has 2 fully saturated rings. The van der Waals surface area contributed by atoms with Crippen molar-refractivity contribution in [1.29, 1.82) is 0 Å². The number of amides is 2. The highest BCUT2D eigenvalue weighted by molar-refractivity contribution is 7.16. The molecule has 4 aromatic rings. The lowest BCUT2D eigenvalue weighted by molar-refractivity contribution is -0.126. The molecule has 2 aromatic carbocycles. The summed E-state index contributed by atoms with van der Waals surface area (Å²) in [5.41, 5.74) is 7.49. The van der Waals surface area contributed by atoms with E-state index in [-0.39, 0.29) is 35.5 Å². The predicted molar refractivity (Wildman–Crippen MR) is 134 cm³/mol. The van der Waals surface area contributed by atoms with Crippen LogP contribution in [0, 0.1) is 23.1 Å². The molecule has 9 heteroatoms. The molecule has 2 N–H and O–H groups in total. The summed E-state index contributed by atoms with van der Waals surface area (Å²) >= 11 is 7.71. The first-order chi connectivity index (χ1) is 16.8. The Balaban J connectivity index is 1.46. The number of hydrogen-bond donors (Lipinski definition) is 1. The molecule has 2 aliphatic rings. The molecule has 2 aromatic heterocycles. The van der Waals surface area contributed by atoms with Crippen molar-refractivity contribution in [1.82, 2.24) is 9.78 Å². The average molecular weight is 509 g/mol. The van der Waals surface area contributed by atoms with Gasteiger partial charge in [0.15, 0.2) is 0 Å². The Morgan fingerprint density at radius 2 is 1.86 bits per heavy atom. The number of nitrogens with two attached hydrogens (primary N) is 1. The summed E-state index contributed by atoms with van der Waals surface area (Å²) < 4.78 is 15.7. The smallest absolute Gasteiger partial charge is 0.230 e. The van der Waals surface area contributed by atoms with Crippen LogP contribution in [0.5, 0.6) is 0 Å². The van der Waals surface area contributed by atoms with E-state index in [2.05, 4.69) is 5.10 Å². The highest BCUT2D eigenvalue weighted by Gasteiger charge is 2.64. The van der Waals surface area contributed by atoms with Gasteiger partial charge < -0.3 is 10.6 Å². The van der Waals surface area contributed by atoms with Gasteiger partial charge in [-0.25, -0.2) is 9.07 Å². The second-order valence-electron chi connectivity index (χ2n) is 9.41. The maximum absolute atomic E-state index is 13.7. The fourth-order valence-electron chi connectivity index (χ4n) is 5.64. The van der Waals surface area contributed by atoms with E-state index in [1.807, 2.05) is 37.3 Å². The standard InChI is InChI=1S/C26H22ClFN4O2S/c1-14-22(26(10-11-26)25(29)34)23(20-8-9-21(27)35-20)31(24(14)33)18-6-7-19-15(12-18)13-30-32(19)17-4-2-16(28)3-5-17/h2-9,12-14,22-23H,10-11H2,1H3,(H2,29,34)/t14-,22-,23-/m1/s1. The van der Waals surface area contributed by atoms with Crippen molar-refractivity contribution >= 4 is 51.3 Å². The molecule has 1 aliphatic carbocycles. The van der Waals surface area contributed by atoms with Gasteiger partial charge in [-0.15, -0.1) is 11.3 Å². The predicted octanol–water partition coefficient (Wildman–Crippen LogP) is 5.49. The molecule has 6 nitrogen and oxygen atoms in total. The number of rotatable bonds is 5. The molecule has 0 radical (unpaired) electrons. The largest absolute Gasteiger partial charge is 0.369 e. The van der Waals surface area contributed by atoms with Crippen LogP contribution < -0.4 is 10.6 Å². The van der Waals surface area contributed by atoms with Gasteiger partial charge in [0, 0.05) is 27.8 Å². The van der Waals surface area contributed by atoms with Crippen molar-refractivity contribution in [2.75, 3.05) is 4.90 Å². The number of carbonyl (C=O) groups is 2. The first-order valence-corrected chi connectivity index (χ1v) is 12.6. The van der Waals surface area contributed by atoms with E-state index in [4.69, 9.17) is 17.3 Å². The number of thiophene rings is 1. The average Bonchev–Trinajstić information content (AvgIpc) is 3.23. The third-order valence-electron chi connectivity index (χ3n) is 7.49. The van der Waals surface area contributed by atoms with Crippen molar-refractivity contribution in [2.45, 2.75) is 25.8 Å². The molecular formula is C26H22ClFN4O2S. The van der Waals surface area contributed by atoms with Crippen LogP contribution in [0.4, 0.5) is 10.1 Å². The Morgan fingerprint density at radius 3 is 2.49 bits per heavy atom. The van der Waals surface area contributed by atoms with Crippen LogP contribution in [0.15, 0.2) is 60.8 Å². The molecule has 2 amide bonds. The Hall–Kier alpha value is -3.23. The summed E-state index contributed by atoms with van der Waals surface area (Å²) in [4.78, 5) is 28.9. The summed E-state index contributed by atoms with van der Waals surface area (Å²) in [5.74, 6) is -1.30. The molecule has 0 bridgehead atoms. The number of nitrogens with zero attached hydrogens (tertiary/aromatic N) is 3. The maximum atomic E-state index is 13.7. The van der Waals surface area contributed by atoms with Crippen LogP contribution >= 0.6 is 22.9 Å². The summed E-state index contributed by atoms with van der Waals surface area (Å²) in [6, 6.07) is 15.3. The summed E-state index contributed by atoms with van der Waals surface area (Å²) in [5, 5.41) is 5.32. The van der Waals surface area contributed by atoms with Crippen LogP contribution in [-0.2, 0) is 9.59 Å². The van der Waals surface area contributed by atoms with E-state index in [9.17, 15) is 14.0 Å². The van der Waals surface area contributed by atoms with Gasteiger partial charge in [-0.1, -0.05) is 18.5 Å². The number of hydrogen-bond acceptors (Lipinski definition) is 4. The lowest BCUT2D eigenvalue weighted by Crippen LogP contribution is -2.37. The molecule has 1 aliphatic heterocycles. The Kier molecular flexibility index (Phi) is 5.02. The quantitative estimate of drug-likeness (QED) is 0.387. The number of aromatic nitrogens is 2. The molecule has 3 atom stereocenters. The molecule has 0 unspecified atom stereocenters. The highest BCUT2D eigenvalue weighted by Crippen LogP contribution is 2.63. The van der Waals surface area contributed by atoms with Crippen LogP contribution in [0.2, 0.25) is 4.34 Å². The number of halogens is 2. The zero-order valence-electron chi connectivity index (χ0n) is 18.8. The van der Waals surface area contributed by atoms with Crippen LogP contribution in [0.3, 0.4) is 0 Å². The van der Waals surface area contributed by atoms with E-state index in [0.29, 0.717) is 17.2 Å². The van der Waals surface area contributed by atoms with Crippen molar-refractivity contribution in [3.05, 3.63) is 75.8 Å². The molecule has 6 rings (SSSR count). The second-order valence-corrected chi connectivity index (χ2v) is 11.2. The van der Waals surface area contributed by atoms with E-state index < -0.39 is 5.41 Å². The summed E-state index contributed by atoms with van der Waals surface area (Å²) in [7, 11) is 0. The van der Waals surface area contributed by atoms with Gasteiger partial charge in [0.2, 0.25) is 11.8 Å². The number of primary amides is 1. The summed E-state index contributed by atoms with van der Waals surface area (Å²) in [6.45, 7) is 1.89. The van der Waals surface area contributed by atoms with Crippen molar-refractivity contribution in [3.8, 4) is 5.69 Å². The van der Waals surface area contributed by atoms with E-state index in [1.165, 1.54) is 23.5 Å². The first-order valence-electron chi connectivity index (χ1n) is 11.4. The molecular weight excluding hydrogens is 487 g/mol. The Labute approximate surface area is 210 Å². The molecule has 3 heterocycles. The minimum Gasteiger partial charge on any atom is -0.369 e. The monoisotopic (exact) mass is 508 g/mol. The van der Waals surface area contributed by atoms with Crippen molar-refractivity contribution in [2.24, 2.45) is 23.0 Å². The van der Waals surface area contributed by atoms with Gasteiger partial charge in [0.25, 0.3) is 0 Å². The van der Waals surface area contributed by atoms with Gasteiger partial charge in [-0.3, -0.25) is 9.59 Å². The van der Waals surface area contributed by atoms with Gasteiger partial charge in [-0.2, -0.15) is 5.10 Å². The fourth-order valence-corrected chi connectivity index (χ4v) is 6.84. The van der Waals surface area contributed by atoms with E-state index >= 15 is 0 Å². The molecule has 0 spiro atoms. The maximum Gasteiger partial charge on any atom is 0.230 e. The van der Waals surface area contributed by atoms with Gasteiger partial charge in [0.05, 0.1) is 33.2 Å². The third-order valence-corrected chi connectivity index (χ3v) is 8.79. The fraction of sp³-hybridized carbons (Fsp3) is 0.269. The Bertz CT molecular complexity index is 1480. The van der Waals surface area contributed by atoms with Crippen LogP contribution in [0.25, 0.3) is 16.6 Å². The van der Waals surface area contributed by atoms with Gasteiger partial charge in [-0.05, 0) is 67.4 Å². The normalized spacial score (nSPS) is 23.2. The highest BCUT2D eigenvalue weighted by atomic mass is 35.5. The number of benzene rings is 2. The number of fused-ring (bicyclic) bond motifs is 1. The van der Waals surface area contributed by atoms with Crippen molar-refractivity contribution < 1.29 is 14.0 Å². The van der Waals surface area contributed by atoms with Gasteiger partial charge >= 0.3 is 0 Å². The lowest BCUT2D eigenvalue weighted by Gasteiger charge is -2.31. The second kappa shape index (κ2) is 7.90. The topological polar surface area (TPSA) is 81.2 Å². The van der Waals surface area contributed by atoms with Crippen LogP contribution in [0.1, 0.15) is 30.7 Å². The van der Waals surface area contributed by atoms with Crippen LogP contribution in [-0.4, -0.2) is 21.6 Å². The minimum atomic E-state index is -0.678.